The molecule has 0 fully saturated rings. The van der Waals surface area contributed by atoms with Crippen LogP contribution in [0.15, 0.2) is 48.2 Å². The summed E-state index contributed by atoms with van der Waals surface area (Å²) in [5.74, 6) is 1.73. The molecule has 0 saturated carbocycles. The summed E-state index contributed by atoms with van der Waals surface area (Å²) in [6, 6.07) is 11.2. The molecule has 1 N–H and O–H groups in total. The molecule has 39 heavy (non-hydrogen) atoms. The highest BCUT2D eigenvalue weighted by molar-refractivity contribution is 6.21. The van der Waals surface area contributed by atoms with Gasteiger partial charge in [0.25, 0.3) is 11.8 Å². The number of ether oxygens (including phenoxy) is 2. The normalized spacial score (nSPS) is 22.9. The van der Waals surface area contributed by atoms with Crippen molar-refractivity contribution in [2.45, 2.75) is 69.3 Å². The maximum atomic E-state index is 12.5. The molecule has 1 aliphatic carbocycles. The standard InChI is InChI=1S/C32H36N2O5/c1-38-26-13-12-22-21-33(19-16-32-15-14-23(35)20-27(32)39-29(26)28(22)32)17-8-4-2-3-5-9-18-34-30(36)24-10-6-7-11-25(24)31(34)37/h6-7,10-14,21,27H,2-5,8-9,15-20H2,1H3/p+1/t27-,32?/m1/s1. The molecule has 7 heteroatoms. The first-order valence-electron chi connectivity index (χ1n) is 14.3. The van der Waals surface area contributed by atoms with E-state index in [2.05, 4.69) is 16.9 Å². The Morgan fingerprint density at radius 2 is 1.74 bits per heavy atom. The van der Waals surface area contributed by atoms with Crippen molar-refractivity contribution >= 4 is 18.0 Å². The largest absolute Gasteiger partial charge is 0.513 e. The van der Waals surface area contributed by atoms with Gasteiger partial charge < -0.3 is 14.6 Å². The molecule has 0 bridgehead atoms. The molecule has 3 heterocycles. The maximum Gasteiger partial charge on any atom is 0.261 e. The van der Waals surface area contributed by atoms with E-state index in [9.17, 15) is 14.7 Å². The Kier molecular flexibility index (Phi) is 6.92. The third-order valence-electron chi connectivity index (χ3n) is 8.97. The number of aliphatic hydroxyl groups is 1. The molecule has 6 rings (SSSR count). The van der Waals surface area contributed by atoms with Crippen molar-refractivity contribution in [3.05, 3.63) is 70.5 Å². The van der Waals surface area contributed by atoms with Gasteiger partial charge in [0.1, 0.15) is 19.2 Å². The van der Waals surface area contributed by atoms with E-state index in [1.54, 1.807) is 31.4 Å². The Labute approximate surface area is 229 Å². The minimum Gasteiger partial charge on any atom is -0.513 e. The van der Waals surface area contributed by atoms with E-state index in [-0.39, 0.29) is 23.3 Å². The lowest BCUT2D eigenvalue weighted by Crippen LogP contribution is -2.41. The molecule has 2 amide bonds. The number of rotatable bonds is 10. The molecule has 0 aromatic heterocycles. The molecule has 204 valence electrons. The number of unbranched alkanes of at least 4 members (excludes halogenated alkanes) is 5. The highest BCUT2D eigenvalue weighted by Gasteiger charge is 2.54. The van der Waals surface area contributed by atoms with Crippen LogP contribution in [0.1, 0.15) is 89.6 Å². The van der Waals surface area contributed by atoms with Crippen LogP contribution < -0.4 is 9.47 Å². The Hall–Kier alpha value is -3.61. The second-order valence-corrected chi connectivity index (χ2v) is 11.3. The zero-order chi connectivity index (χ0) is 27.0. The van der Waals surface area contributed by atoms with Crippen LogP contribution in [-0.2, 0) is 5.41 Å². The lowest BCUT2D eigenvalue weighted by atomic mass is 9.67. The number of imide groups is 1. The van der Waals surface area contributed by atoms with Gasteiger partial charge in [-0.05, 0) is 49.6 Å². The summed E-state index contributed by atoms with van der Waals surface area (Å²) >= 11 is 0. The van der Waals surface area contributed by atoms with E-state index in [0.29, 0.717) is 29.9 Å². The first-order valence-corrected chi connectivity index (χ1v) is 14.3. The van der Waals surface area contributed by atoms with Crippen molar-refractivity contribution in [2.24, 2.45) is 0 Å². The van der Waals surface area contributed by atoms with Gasteiger partial charge in [0, 0.05) is 42.3 Å². The van der Waals surface area contributed by atoms with Gasteiger partial charge >= 0.3 is 0 Å². The SMILES string of the molecule is COc1ccc2c3c1O[C@@H]1CC(O)=CCC31CC[N+](CCCCCCCCN1C(=O)c3ccccc3C1=O)=C2. The van der Waals surface area contributed by atoms with Crippen molar-refractivity contribution in [1.82, 2.24) is 4.90 Å². The minimum atomic E-state index is -0.156. The van der Waals surface area contributed by atoms with Crippen LogP contribution in [0.25, 0.3) is 0 Å². The lowest BCUT2D eigenvalue weighted by molar-refractivity contribution is -0.525. The number of hydrogen-bond acceptors (Lipinski definition) is 5. The zero-order valence-electron chi connectivity index (χ0n) is 22.7. The summed E-state index contributed by atoms with van der Waals surface area (Å²) in [4.78, 5) is 26.4. The second kappa shape index (κ2) is 10.5. The van der Waals surface area contributed by atoms with Crippen LogP contribution in [0.2, 0.25) is 0 Å². The zero-order valence-corrected chi connectivity index (χ0v) is 22.7. The van der Waals surface area contributed by atoms with Gasteiger partial charge in [-0.3, -0.25) is 14.5 Å². The number of carbonyl (C=O) groups excluding carboxylic acids is 2. The number of fused-ring (bicyclic) bond motifs is 1. The number of allylic oxidation sites excluding steroid dienone is 1. The van der Waals surface area contributed by atoms with Crippen molar-refractivity contribution in [3.63, 3.8) is 0 Å². The van der Waals surface area contributed by atoms with Gasteiger partial charge in [-0.25, -0.2) is 4.58 Å². The number of benzene rings is 2. The molecule has 4 aliphatic rings. The van der Waals surface area contributed by atoms with E-state index < -0.39 is 0 Å². The predicted octanol–water partition coefficient (Wildman–Crippen LogP) is 5.40. The topological polar surface area (TPSA) is 79.1 Å². The van der Waals surface area contributed by atoms with Crippen LogP contribution in [0, 0.1) is 0 Å². The van der Waals surface area contributed by atoms with Gasteiger partial charge in [0.2, 0.25) is 0 Å². The van der Waals surface area contributed by atoms with Gasteiger partial charge in [-0.15, -0.1) is 0 Å². The number of hydrogen-bond donors (Lipinski definition) is 1. The van der Waals surface area contributed by atoms with E-state index in [1.807, 2.05) is 12.1 Å². The average molecular weight is 530 g/mol. The maximum absolute atomic E-state index is 12.5. The van der Waals surface area contributed by atoms with E-state index in [1.165, 1.54) is 16.0 Å². The quantitative estimate of drug-likeness (QED) is 0.253. The summed E-state index contributed by atoms with van der Waals surface area (Å²) in [7, 11) is 1.68. The van der Waals surface area contributed by atoms with Crippen LogP contribution in [-0.4, -0.2) is 65.5 Å². The van der Waals surface area contributed by atoms with Gasteiger partial charge in [-0.2, -0.15) is 0 Å². The fourth-order valence-corrected chi connectivity index (χ4v) is 6.84. The number of carbonyl (C=O) groups is 2. The fraction of sp³-hybridized carbons (Fsp3) is 0.469. The molecular weight excluding hydrogens is 492 g/mol. The Balaban J connectivity index is 0.987. The Morgan fingerprint density at radius 3 is 2.49 bits per heavy atom. The third-order valence-corrected chi connectivity index (χ3v) is 8.97. The molecule has 1 unspecified atom stereocenters. The first kappa shape index (κ1) is 25.7. The lowest BCUT2D eigenvalue weighted by Gasteiger charge is -2.35. The first-order chi connectivity index (χ1) is 19.0. The van der Waals surface area contributed by atoms with Crippen LogP contribution in [0.3, 0.4) is 0 Å². The van der Waals surface area contributed by atoms with E-state index >= 15 is 0 Å². The highest BCUT2D eigenvalue weighted by atomic mass is 16.5. The molecule has 7 nitrogen and oxygen atoms in total. The molecule has 1 spiro atoms. The smallest absolute Gasteiger partial charge is 0.261 e. The van der Waals surface area contributed by atoms with Crippen LogP contribution >= 0.6 is 0 Å². The minimum absolute atomic E-state index is 0.0544. The molecule has 2 aromatic carbocycles. The summed E-state index contributed by atoms with van der Waals surface area (Å²) in [6.45, 7) is 2.48. The van der Waals surface area contributed by atoms with Crippen LogP contribution in [0.5, 0.6) is 11.5 Å². The van der Waals surface area contributed by atoms with Gasteiger partial charge in [0.15, 0.2) is 17.7 Å². The number of amides is 2. The molecule has 2 atom stereocenters. The molecule has 0 saturated heterocycles. The second-order valence-electron chi connectivity index (χ2n) is 11.3. The molecule has 0 radical (unpaired) electrons. The van der Waals surface area contributed by atoms with Gasteiger partial charge in [0.05, 0.1) is 24.0 Å². The predicted molar refractivity (Wildman–Crippen MR) is 148 cm³/mol. The summed E-state index contributed by atoms with van der Waals surface area (Å²) in [5, 5.41) is 10.2. The Morgan fingerprint density at radius 1 is 1.03 bits per heavy atom. The number of nitrogens with zero attached hydrogens (tertiary/aromatic N) is 2. The van der Waals surface area contributed by atoms with Crippen LogP contribution in [0.4, 0.5) is 0 Å². The molecular formula is C32H37N2O5+. The number of aliphatic hydroxyl groups excluding tert-OH is 1. The summed E-state index contributed by atoms with van der Waals surface area (Å²) in [6.07, 6.45) is 12.9. The average Bonchev–Trinajstić information content (AvgIpc) is 3.33. The van der Waals surface area contributed by atoms with Crippen molar-refractivity contribution in [1.29, 1.82) is 0 Å². The van der Waals surface area contributed by atoms with Crippen molar-refractivity contribution in [2.75, 3.05) is 26.7 Å². The summed E-state index contributed by atoms with van der Waals surface area (Å²) < 4.78 is 14.5. The third kappa shape index (κ3) is 4.52. The fourth-order valence-electron chi connectivity index (χ4n) is 6.84. The molecule has 3 aliphatic heterocycles. The van der Waals surface area contributed by atoms with E-state index in [0.717, 1.165) is 76.0 Å². The van der Waals surface area contributed by atoms with Crippen molar-refractivity contribution < 1.29 is 28.7 Å². The Bertz CT molecular complexity index is 1330. The summed E-state index contributed by atoms with van der Waals surface area (Å²) in [5.41, 5.74) is 3.40. The van der Waals surface area contributed by atoms with E-state index in [4.69, 9.17) is 9.47 Å². The van der Waals surface area contributed by atoms with Gasteiger partial charge in [-0.1, -0.05) is 31.4 Å². The number of methoxy groups -OCH3 is 1. The highest BCUT2D eigenvalue weighted by Crippen LogP contribution is 2.56. The monoisotopic (exact) mass is 529 g/mol. The van der Waals surface area contributed by atoms with Crippen molar-refractivity contribution in [3.8, 4) is 11.5 Å². The molecule has 2 aromatic rings.